The molecular weight excluding hydrogens is 249 g/mol. The van der Waals surface area contributed by atoms with Gasteiger partial charge in [0.05, 0.1) is 0 Å². The van der Waals surface area contributed by atoms with E-state index in [1.807, 2.05) is 0 Å². The summed E-state index contributed by atoms with van der Waals surface area (Å²) < 4.78 is 13.8. The highest BCUT2D eigenvalue weighted by molar-refractivity contribution is 9.10. The molecule has 14 heavy (non-hydrogen) atoms. The van der Waals surface area contributed by atoms with Crippen LogP contribution in [0.4, 0.5) is 4.39 Å². The summed E-state index contributed by atoms with van der Waals surface area (Å²) in [6, 6.07) is 2.87. The Bertz CT molecular complexity index is 342. The second-order valence-corrected chi connectivity index (χ2v) is 3.88. The largest absolute Gasteiger partial charge is 0.330 e. The molecule has 1 aromatic rings. The molecule has 0 heterocycles. The topological polar surface area (TPSA) is 43.1 Å². The Morgan fingerprint density at radius 2 is 2.21 bits per heavy atom. The minimum absolute atomic E-state index is 0.132. The number of Topliss-reactive ketones (excluding diaryl/α,β-unsaturated/α-hetero) is 1. The minimum atomic E-state index is -0.375. The molecule has 0 aliphatic carbocycles. The van der Waals surface area contributed by atoms with Crippen LogP contribution in [0.25, 0.3) is 0 Å². The number of halogens is 2. The van der Waals surface area contributed by atoms with Gasteiger partial charge < -0.3 is 5.73 Å². The maximum absolute atomic E-state index is 13.2. The van der Waals surface area contributed by atoms with Crippen LogP contribution in [-0.2, 0) is 0 Å². The van der Waals surface area contributed by atoms with Crippen molar-refractivity contribution >= 4 is 21.7 Å². The minimum Gasteiger partial charge on any atom is -0.330 e. The van der Waals surface area contributed by atoms with E-state index in [4.69, 9.17) is 5.73 Å². The van der Waals surface area contributed by atoms with E-state index in [1.165, 1.54) is 6.07 Å². The third-order valence-corrected chi connectivity index (χ3v) is 2.80. The van der Waals surface area contributed by atoms with Gasteiger partial charge in [-0.1, -0.05) is 15.9 Å². The van der Waals surface area contributed by atoms with Gasteiger partial charge in [0.25, 0.3) is 0 Å². The Balaban J connectivity index is 3.06. The van der Waals surface area contributed by atoms with Gasteiger partial charge in [0.2, 0.25) is 0 Å². The molecule has 0 radical (unpaired) electrons. The predicted molar refractivity (Wildman–Crippen MR) is 56.8 cm³/mol. The molecule has 2 N–H and O–H groups in total. The molecule has 0 amide bonds. The molecule has 0 spiro atoms. The van der Waals surface area contributed by atoms with E-state index in [0.717, 1.165) is 0 Å². The molecule has 0 saturated heterocycles. The monoisotopic (exact) mass is 259 g/mol. The number of nitrogens with two attached hydrogens (primary N) is 1. The van der Waals surface area contributed by atoms with Crippen LogP contribution >= 0.6 is 15.9 Å². The van der Waals surface area contributed by atoms with Crippen molar-refractivity contribution in [3.05, 3.63) is 33.5 Å². The first-order valence-electron chi connectivity index (χ1n) is 4.25. The maximum atomic E-state index is 13.2. The van der Waals surface area contributed by atoms with Gasteiger partial charge in [-0.3, -0.25) is 4.79 Å². The van der Waals surface area contributed by atoms with Gasteiger partial charge in [-0.15, -0.1) is 0 Å². The van der Waals surface area contributed by atoms with Crippen molar-refractivity contribution < 1.29 is 9.18 Å². The van der Waals surface area contributed by atoms with Crippen LogP contribution in [0, 0.1) is 12.7 Å². The summed E-state index contributed by atoms with van der Waals surface area (Å²) in [6.45, 7) is 1.93. The zero-order valence-corrected chi connectivity index (χ0v) is 9.40. The highest BCUT2D eigenvalue weighted by Crippen LogP contribution is 2.21. The standard InChI is InChI=1S/C10H11BrFNO/c1-6-8(11)4-7(5-9(6)12)10(14)2-3-13/h4-5H,2-3,13H2,1H3. The van der Waals surface area contributed by atoms with Crippen LogP contribution in [0.2, 0.25) is 0 Å². The number of rotatable bonds is 3. The Hall–Kier alpha value is -0.740. The lowest BCUT2D eigenvalue weighted by molar-refractivity contribution is 0.0985. The fourth-order valence-corrected chi connectivity index (χ4v) is 1.52. The van der Waals surface area contributed by atoms with E-state index in [9.17, 15) is 9.18 Å². The first-order valence-corrected chi connectivity index (χ1v) is 5.04. The first-order chi connectivity index (χ1) is 6.56. The molecule has 0 aliphatic heterocycles. The Morgan fingerprint density at radius 1 is 1.57 bits per heavy atom. The van der Waals surface area contributed by atoms with Crippen LogP contribution in [-0.4, -0.2) is 12.3 Å². The number of carbonyl (C=O) groups excluding carboxylic acids is 1. The number of hydrogen-bond donors (Lipinski definition) is 1. The number of hydrogen-bond acceptors (Lipinski definition) is 2. The molecule has 76 valence electrons. The molecule has 0 unspecified atom stereocenters. The molecular formula is C10H11BrFNO. The van der Waals surface area contributed by atoms with Crippen LogP contribution < -0.4 is 5.73 Å². The van der Waals surface area contributed by atoms with Crippen molar-refractivity contribution in [3.8, 4) is 0 Å². The Morgan fingerprint density at radius 3 is 2.71 bits per heavy atom. The first kappa shape index (κ1) is 11.3. The quantitative estimate of drug-likeness (QED) is 0.848. The second kappa shape index (κ2) is 4.66. The van der Waals surface area contributed by atoms with E-state index in [2.05, 4.69) is 15.9 Å². The van der Waals surface area contributed by atoms with Crippen molar-refractivity contribution in [2.24, 2.45) is 5.73 Å². The van der Waals surface area contributed by atoms with Crippen molar-refractivity contribution in [2.75, 3.05) is 6.54 Å². The zero-order chi connectivity index (χ0) is 10.7. The molecule has 0 atom stereocenters. The van der Waals surface area contributed by atoms with Gasteiger partial charge in [-0.25, -0.2) is 4.39 Å². The number of carbonyl (C=O) groups is 1. The SMILES string of the molecule is Cc1c(F)cc(C(=O)CCN)cc1Br. The van der Waals surface area contributed by atoms with E-state index in [-0.39, 0.29) is 24.6 Å². The van der Waals surface area contributed by atoms with E-state index in [1.54, 1.807) is 13.0 Å². The summed E-state index contributed by atoms with van der Waals surface area (Å²) in [6.07, 6.45) is 0.245. The van der Waals surface area contributed by atoms with Gasteiger partial charge >= 0.3 is 0 Å². The number of ketones is 1. The highest BCUT2D eigenvalue weighted by atomic mass is 79.9. The lowest BCUT2D eigenvalue weighted by Crippen LogP contribution is -2.08. The summed E-state index contributed by atoms with van der Waals surface area (Å²) >= 11 is 3.19. The van der Waals surface area contributed by atoms with Gasteiger partial charge in [0.1, 0.15) is 5.82 Å². The van der Waals surface area contributed by atoms with Crippen molar-refractivity contribution in [2.45, 2.75) is 13.3 Å². The summed E-state index contributed by atoms with van der Waals surface area (Å²) in [7, 11) is 0. The third-order valence-electron chi connectivity index (χ3n) is 1.97. The summed E-state index contributed by atoms with van der Waals surface area (Å²) in [5.74, 6) is -0.508. The van der Waals surface area contributed by atoms with Gasteiger partial charge in [-0.2, -0.15) is 0 Å². The molecule has 0 saturated carbocycles. The highest BCUT2D eigenvalue weighted by Gasteiger charge is 2.10. The lowest BCUT2D eigenvalue weighted by Gasteiger charge is -2.04. The molecule has 0 aliphatic rings. The molecule has 0 bridgehead atoms. The fraction of sp³-hybridized carbons (Fsp3) is 0.300. The van der Waals surface area contributed by atoms with E-state index < -0.39 is 0 Å². The van der Waals surface area contributed by atoms with E-state index >= 15 is 0 Å². The predicted octanol–water partition coefficient (Wildman–Crippen LogP) is 2.43. The van der Waals surface area contributed by atoms with Crippen LogP contribution in [0.1, 0.15) is 22.3 Å². The fourth-order valence-electron chi connectivity index (χ4n) is 1.08. The van der Waals surface area contributed by atoms with Gasteiger partial charge in [0, 0.05) is 16.5 Å². The van der Waals surface area contributed by atoms with Crippen molar-refractivity contribution in [1.82, 2.24) is 0 Å². The summed E-state index contributed by atoms with van der Waals surface area (Å²) in [5, 5.41) is 0. The van der Waals surface area contributed by atoms with Gasteiger partial charge in [-0.05, 0) is 31.2 Å². The Kier molecular flexibility index (Phi) is 3.77. The maximum Gasteiger partial charge on any atom is 0.164 e. The Labute approximate surface area is 90.4 Å². The molecule has 1 aromatic carbocycles. The number of benzene rings is 1. The normalized spacial score (nSPS) is 10.3. The molecule has 2 nitrogen and oxygen atoms in total. The van der Waals surface area contributed by atoms with E-state index in [0.29, 0.717) is 15.6 Å². The average Bonchev–Trinajstić information content (AvgIpc) is 2.13. The molecule has 0 aromatic heterocycles. The zero-order valence-electron chi connectivity index (χ0n) is 7.81. The van der Waals surface area contributed by atoms with Crippen molar-refractivity contribution in [1.29, 1.82) is 0 Å². The lowest BCUT2D eigenvalue weighted by atomic mass is 10.1. The summed E-state index contributed by atoms with van der Waals surface area (Å²) in [5.41, 5.74) is 6.12. The van der Waals surface area contributed by atoms with Gasteiger partial charge in [0.15, 0.2) is 5.78 Å². The van der Waals surface area contributed by atoms with Crippen LogP contribution in [0.15, 0.2) is 16.6 Å². The second-order valence-electron chi connectivity index (χ2n) is 3.03. The smallest absolute Gasteiger partial charge is 0.164 e. The van der Waals surface area contributed by atoms with Crippen LogP contribution in [0.3, 0.4) is 0 Å². The van der Waals surface area contributed by atoms with Crippen LogP contribution in [0.5, 0.6) is 0 Å². The molecule has 0 fully saturated rings. The molecule has 1 rings (SSSR count). The van der Waals surface area contributed by atoms with Crippen molar-refractivity contribution in [3.63, 3.8) is 0 Å². The average molecular weight is 260 g/mol. The summed E-state index contributed by atoms with van der Waals surface area (Å²) in [4.78, 5) is 11.4. The molecule has 4 heteroatoms. The third kappa shape index (κ3) is 2.39.